The summed E-state index contributed by atoms with van der Waals surface area (Å²) in [6.45, 7) is 4.84. The lowest BCUT2D eigenvalue weighted by atomic mass is 10.0. The first-order valence-electron chi connectivity index (χ1n) is 15.7. The number of hydrogen-bond donors (Lipinski definition) is 2. The van der Waals surface area contributed by atoms with E-state index in [0.717, 1.165) is 37.9 Å². The number of sulfone groups is 1. The zero-order valence-electron chi connectivity index (χ0n) is 28.3. The summed E-state index contributed by atoms with van der Waals surface area (Å²) in [5.74, 6) is 5.59. The largest absolute Gasteiger partial charge is 0.495 e. The van der Waals surface area contributed by atoms with Crippen molar-refractivity contribution in [2.75, 3.05) is 63.9 Å². The molecular weight excluding hydrogens is 682 g/mol. The van der Waals surface area contributed by atoms with E-state index >= 15 is 0 Å². The Morgan fingerprint density at radius 1 is 1.08 bits per heavy atom. The van der Waals surface area contributed by atoms with E-state index in [9.17, 15) is 26.4 Å². The number of carbonyl (C=O) groups is 1. The van der Waals surface area contributed by atoms with Crippen molar-refractivity contribution in [1.29, 1.82) is 0 Å². The maximum atomic E-state index is 13.7. The number of anilines is 2. The number of rotatable bonds is 13. The number of hydrogen-bond acceptors (Lipinski definition) is 9. The molecule has 3 aromatic rings. The Morgan fingerprint density at radius 3 is 2.41 bits per heavy atom. The number of fused-ring (bicyclic) bond motifs is 1. The van der Waals surface area contributed by atoms with Crippen molar-refractivity contribution in [1.82, 2.24) is 9.47 Å². The Hall–Kier alpha value is -3.58. The SMILES string of the molecule is COC[C@H](CN1CCC(Nc2cccc3c2cc(C#CCNc2ccc(S(C)(=O)=O)cc2OC)n3CC(F)(F)F)CC1)OC(=O)C(C)C.S. The van der Waals surface area contributed by atoms with Crippen LogP contribution in [0.5, 0.6) is 5.75 Å². The van der Waals surface area contributed by atoms with Crippen molar-refractivity contribution in [2.24, 2.45) is 5.92 Å². The lowest BCUT2D eigenvalue weighted by Crippen LogP contribution is -2.44. The minimum absolute atomic E-state index is 0. The van der Waals surface area contributed by atoms with E-state index in [2.05, 4.69) is 27.4 Å². The van der Waals surface area contributed by atoms with Crippen molar-refractivity contribution in [3.05, 3.63) is 48.2 Å². The molecule has 1 fully saturated rings. The predicted octanol–water partition coefficient (Wildman–Crippen LogP) is 5.28. The van der Waals surface area contributed by atoms with Gasteiger partial charge < -0.3 is 29.4 Å². The average Bonchev–Trinajstić information content (AvgIpc) is 3.36. The van der Waals surface area contributed by atoms with Crippen LogP contribution >= 0.6 is 13.5 Å². The van der Waals surface area contributed by atoms with Crippen LogP contribution in [0.1, 0.15) is 32.4 Å². The fraction of sp³-hybridized carbons (Fsp3) is 0.500. The number of carbonyl (C=O) groups excluding carboxylic acids is 1. The number of piperidine rings is 1. The highest BCUT2D eigenvalue weighted by Gasteiger charge is 2.30. The minimum Gasteiger partial charge on any atom is -0.495 e. The molecular formula is C34H45F3N4O6S2. The summed E-state index contributed by atoms with van der Waals surface area (Å²) in [7, 11) is -0.447. The Labute approximate surface area is 293 Å². The van der Waals surface area contributed by atoms with Crippen molar-refractivity contribution < 1.29 is 40.6 Å². The van der Waals surface area contributed by atoms with Crippen LogP contribution in [0.25, 0.3) is 10.9 Å². The van der Waals surface area contributed by atoms with Crippen LogP contribution in [0.3, 0.4) is 0 Å². The molecule has 0 amide bonds. The van der Waals surface area contributed by atoms with Crippen molar-refractivity contribution in [3.8, 4) is 17.6 Å². The van der Waals surface area contributed by atoms with Crippen LogP contribution < -0.4 is 15.4 Å². The van der Waals surface area contributed by atoms with Gasteiger partial charge in [0.25, 0.3) is 0 Å². The molecule has 1 aromatic heterocycles. The van der Waals surface area contributed by atoms with Gasteiger partial charge in [0.05, 0.1) is 48.0 Å². The molecule has 1 aliphatic heterocycles. The van der Waals surface area contributed by atoms with Crippen LogP contribution in [-0.4, -0.2) is 95.4 Å². The molecule has 0 aliphatic carbocycles. The van der Waals surface area contributed by atoms with Crippen molar-refractivity contribution >= 4 is 51.6 Å². The summed E-state index contributed by atoms with van der Waals surface area (Å²) in [6, 6.07) is 11.4. The maximum Gasteiger partial charge on any atom is 0.406 e. The Kier molecular flexibility index (Phi) is 14.1. The quantitative estimate of drug-likeness (QED) is 0.180. The van der Waals surface area contributed by atoms with Gasteiger partial charge in [-0.2, -0.15) is 26.7 Å². The van der Waals surface area contributed by atoms with Crippen molar-refractivity contribution in [3.63, 3.8) is 0 Å². The molecule has 0 unspecified atom stereocenters. The molecule has 1 aliphatic rings. The van der Waals surface area contributed by atoms with Gasteiger partial charge in [-0.25, -0.2) is 8.42 Å². The second kappa shape index (κ2) is 17.4. The van der Waals surface area contributed by atoms with E-state index in [1.165, 1.54) is 23.8 Å². The summed E-state index contributed by atoms with van der Waals surface area (Å²) >= 11 is 0. The predicted molar refractivity (Wildman–Crippen MR) is 190 cm³/mol. The number of nitrogens with one attached hydrogen (secondary N) is 2. The summed E-state index contributed by atoms with van der Waals surface area (Å²) in [4.78, 5) is 14.5. The molecule has 2 N–H and O–H groups in total. The number of esters is 1. The van der Waals surface area contributed by atoms with E-state index in [-0.39, 0.29) is 54.7 Å². The van der Waals surface area contributed by atoms with Gasteiger partial charge >= 0.3 is 12.1 Å². The molecule has 49 heavy (non-hydrogen) atoms. The van der Waals surface area contributed by atoms with Gasteiger partial charge in [0.2, 0.25) is 0 Å². The van der Waals surface area contributed by atoms with E-state index in [1.807, 2.05) is 6.07 Å². The fourth-order valence-electron chi connectivity index (χ4n) is 5.56. The zero-order valence-corrected chi connectivity index (χ0v) is 30.1. The van der Waals surface area contributed by atoms with Gasteiger partial charge in [0.15, 0.2) is 9.84 Å². The first kappa shape index (κ1) is 39.9. The Morgan fingerprint density at radius 2 is 1.80 bits per heavy atom. The molecule has 1 saturated heterocycles. The average molecular weight is 727 g/mol. The molecule has 0 saturated carbocycles. The number of alkyl halides is 3. The number of likely N-dealkylation sites (tertiary alicyclic amines) is 1. The van der Waals surface area contributed by atoms with Crippen LogP contribution in [0.2, 0.25) is 0 Å². The molecule has 15 heteroatoms. The number of ether oxygens (including phenoxy) is 3. The molecule has 2 aromatic carbocycles. The number of nitrogens with zero attached hydrogens (tertiary/aromatic N) is 2. The van der Waals surface area contributed by atoms with Gasteiger partial charge in [-0.1, -0.05) is 25.8 Å². The second-order valence-corrected chi connectivity index (χ2v) is 14.2. The normalized spacial score (nSPS) is 14.9. The molecule has 1 atom stereocenters. The van der Waals surface area contributed by atoms with Crippen LogP contribution in [-0.2, 0) is 30.7 Å². The van der Waals surface area contributed by atoms with Gasteiger partial charge in [-0.3, -0.25) is 9.69 Å². The van der Waals surface area contributed by atoms with Gasteiger partial charge in [-0.15, -0.1) is 0 Å². The number of methoxy groups -OCH3 is 2. The summed E-state index contributed by atoms with van der Waals surface area (Å²) < 4.78 is 82.2. The molecule has 10 nitrogen and oxygen atoms in total. The molecule has 0 bridgehead atoms. The molecule has 2 heterocycles. The van der Waals surface area contributed by atoms with Gasteiger partial charge in [-0.05, 0) is 49.1 Å². The topological polar surface area (TPSA) is 111 Å². The molecule has 0 spiro atoms. The van der Waals surface area contributed by atoms with E-state index in [4.69, 9.17) is 14.2 Å². The third kappa shape index (κ3) is 11.2. The van der Waals surface area contributed by atoms with Crippen LogP contribution in [0, 0.1) is 17.8 Å². The first-order chi connectivity index (χ1) is 22.7. The monoisotopic (exact) mass is 726 g/mol. The number of halogens is 3. The van der Waals surface area contributed by atoms with E-state index in [0.29, 0.717) is 35.5 Å². The zero-order chi connectivity index (χ0) is 35.1. The van der Waals surface area contributed by atoms with Gasteiger partial charge in [0, 0.05) is 56.2 Å². The van der Waals surface area contributed by atoms with Crippen LogP contribution in [0.4, 0.5) is 24.5 Å². The standard InChI is InChI=1S/C34H43F3N4O6S.H2S/c1-23(2)33(42)47-26(21-45-3)20-40-16-13-24(14-17-40)39-29-9-6-10-31-28(29)18-25(41(31)22-34(35,36)37)8-7-15-38-30-12-11-27(48(5,43)44)19-32(30)46-4;/h6,9-12,18-19,23-24,26,38-39H,13-17,20-22H2,1-5H3;1H2/t26-;/m0./s1. The van der Waals surface area contributed by atoms with Crippen LogP contribution in [0.15, 0.2) is 47.4 Å². The minimum atomic E-state index is -4.46. The lowest BCUT2D eigenvalue weighted by Gasteiger charge is -2.34. The Bertz CT molecular complexity index is 1740. The Balaban J connectivity index is 0.00000650. The second-order valence-electron chi connectivity index (χ2n) is 12.1. The number of aromatic nitrogens is 1. The summed E-state index contributed by atoms with van der Waals surface area (Å²) in [5, 5.41) is 7.22. The first-order valence-corrected chi connectivity index (χ1v) is 17.6. The van der Waals surface area contributed by atoms with E-state index in [1.54, 1.807) is 45.2 Å². The maximum absolute atomic E-state index is 13.7. The summed E-state index contributed by atoms with van der Waals surface area (Å²) in [6.07, 6.45) is -2.14. The highest BCUT2D eigenvalue weighted by atomic mass is 32.2. The fourth-order valence-corrected chi connectivity index (χ4v) is 6.20. The molecule has 4 rings (SSSR count). The van der Waals surface area contributed by atoms with Gasteiger partial charge in [0.1, 0.15) is 18.4 Å². The highest BCUT2D eigenvalue weighted by Crippen LogP contribution is 2.32. The highest BCUT2D eigenvalue weighted by molar-refractivity contribution is 7.90. The summed E-state index contributed by atoms with van der Waals surface area (Å²) in [5.41, 5.74) is 1.86. The van der Waals surface area contributed by atoms with E-state index < -0.39 is 22.6 Å². The van der Waals surface area contributed by atoms with Crippen molar-refractivity contribution in [2.45, 2.75) is 56.5 Å². The third-order valence-electron chi connectivity index (χ3n) is 7.98. The molecule has 270 valence electrons. The third-order valence-corrected chi connectivity index (χ3v) is 9.09. The number of benzene rings is 2. The smallest absolute Gasteiger partial charge is 0.406 e. The lowest BCUT2D eigenvalue weighted by molar-refractivity contribution is -0.156. The molecule has 0 radical (unpaired) electrons.